The van der Waals surface area contributed by atoms with Gasteiger partial charge < -0.3 is 0 Å². The third kappa shape index (κ3) is 5.66. The third-order valence-electron chi connectivity index (χ3n) is 2.21. The number of benzene rings is 1. The Morgan fingerprint density at radius 2 is 1.75 bits per heavy atom. The molecular weight excluding hydrogens is 210 g/mol. The van der Waals surface area contributed by atoms with E-state index in [4.69, 9.17) is 0 Å². The average Bonchev–Trinajstić information content (AvgIpc) is 2.17. The van der Waals surface area contributed by atoms with Gasteiger partial charge in [0.2, 0.25) is 0 Å². The first-order valence-electron chi connectivity index (χ1n) is 5.74. The van der Waals surface area contributed by atoms with E-state index in [1.807, 2.05) is 0 Å². The Hall–Kier alpha value is -1.15. The van der Waals surface area contributed by atoms with Crippen molar-refractivity contribution in [2.24, 2.45) is 0 Å². The van der Waals surface area contributed by atoms with Crippen molar-refractivity contribution in [1.29, 1.82) is 0 Å². The molecule has 2 heteroatoms. The van der Waals surface area contributed by atoms with Gasteiger partial charge in [0, 0.05) is 5.56 Å². The fraction of sp³-hybridized carbons (Fsp3) is 0.357. The van der Waals surface area contributed by atoms with Crippen molar-refractivity contribution in [3.63, 3.8) is 0 Å². The highest BCUT2D eigenvalue weighted by Gasteiger charge is 2.06. The molecule has 0 saturated heterocycles. The van der Waals surface area contributed by atoms with E-state index in [0.717, 1.165) is 6.54 Å². The maximum absolute atomic E-state index is 2.36. The Labute approximate surface area is 100 Å². The van der Waals surface area contributed by atoms with Crippen molar-refractivity contribution in [2.45, 2.75) is 26.2 Å². The lowest BCUT2D eigenvalue weighted by Crippen LogP contribution is -2.16. The molecule has 1 nitrogen and oxygen atoms in total. The second kappa shape index (κ2) is 5.80. The van der Waals surface area contributed by atoms with Crippen LogP contribution in [0.1, 0.15) is 5.56 Å². The quantitative estimate of drug-likeness (QED) is 0.425. The fourth-order valence-corrected chi connectivity index (χ4v) is 2.07. The lowest BCUT2D eigenvalue weighted by molar-refractivity contribution is -0.508. The molecule has 1 aromatic rings. The van der Waals surface area contributed by atoms with Gasteiger partial charge >= 0.3 is 0 Å². The van der Waals surface area contributed by atoms with Gasteiger partial charge in [0.05, 0.1) is 8.07 Å². The standard InChI is InChI=1S/C14H22NSi/c1-15(11-8-12-16(2,3)4)13-14-9-6-5-7-10-14/h5-12H,13H2,1-4H3/q+1/b12-8+,15-11?. The molecule has 0 saturated carbocycles. The molecule has 0 unspecified atom stereocenters. The molecule has 0 radical (unpaired) electrons. The highest BCUT2D eigenvalue weighted by Crippen LogP contribution is 2.01. The van der Waals surface area contributed by atoms with E-state index in [0.29, 0.717) is 0 Å². The molecule has 1 aromatic carbocycles. The molecule has 16 heavy (non-hydrogen) atoms. The van der Waals surface area contributed by atoms with Crippen LogP contribution < -0.4 is 0 Å². The lowest BCUT2D eigenvalue weighted by Gasteiger charge is -2.06. The van der Waals surface area contributed by atoms with E-state index >= 15 is 0 Å². The van der Waals surface area contributed by atoms with E-state index in [1.165, 1.54) is 5.56 Å². The van der Waals surface area contributed by atoms with Crippen LogP contribution in [0.25, 0.3) is 0 Å². The zero-order valence-electron chi connectivity index (χ0n) is 10.8. The normalized spacial score (nSPS) is 13.4. The summed E-state index contributed by atoms with van der Waals surface area (Å²) in [6.07, 6.45) is 4.35. The first kappa shape index (κ1) is 12.9. The summed E-state index contributed by atoms with van der Waals surface area (Å²) in [5.74, 6) is 0. The van der Waals surface area contributed by atoms with Gasteiger partial charge in [0.25, 0.3) is 0 Å². The molecular formula is C14H22NSi+. The minimum absolute atomic E-state index is 0.969. The number of nitrogens with zero attached hydrogens (tertiary/aromatic N) is 1. The van der Waals surface area contributed by atoms with Crippen LogP contribution in [0, 0.1) is 0 Å². The Morgan fingerprint density at radius 1 is 1.12 bits per heavy atom. The lowest BCUT2D eigenvalue weighted by atomic mass is 10.2. The van der Waals surface area contributed by atoms with Gasteiger partial charge in [0.1, 0.15) is 7.05 Å². The van der Waals surface area contributed by atoms with Crippen molar-refractivity contribution in [2.75, 3.05) is 7.05 Å². The summed E-state index contributed by atoms with van der Waals surface area (Å²) in [6.45, 7) is 7.99. The van der Waals surface area contributed by atoms with Crippen LogP contribution in [0.4, 0.5) is 0 Å². The van der Waals surface area contributed by atoms with Gasteiger partial charge in [-0.05, 0) is 6.08 Å². The summed E-state index contributed by atoms with van der Waals surface area (Å²) in [5.41, 5.74) is 3.71. The van der Waals surface area contributed by atoms with Crippen molar-refractivity contribution in [3.8, 4) is 0 Å². The second-order valence-corrected chi connectivity index (χ2v) is 10.3. The molecule has 0 aliphatic heterocycles. The zero-order valence-corrected chi connectivity index (χ0v) is 11.8. The molecule has 86 valence electrons. The molecule has 0 bridgehead atoms. The molecule has 0 aromatic heterocycles. The highest BCUT2D eigenvalue weighted by atomic mass is 28.3. The maximum atomic E-state index is 2.36. The van der Waals surface area contributed by atoms with Crippen molar-refractivity contribution < 1.29 is 4.58 Å². The van der Waals surface area contributed by atoms with E-state index in [2.05, 4.69) is 79.6 Å². The summed E-state index contributed by atoms with van der Waals surface area (Å²) >= 11 is 0. The first-order valence-corrected chi connectivity index (χ1v) is 9.32. The van der Waals surface area contributed by atoms with Crippen LogP contribution >= 0.6 is 0 Å². The maximum Gasteiger partial charge on any atom is 0.167 e. The topological polar surface area (TPSA) is 3.01 Å². The van der Waals surface area contributed by atoms with Gasteiger partial charge in [-0.25, -0.2) is 4.58 Å². The van der Waals surface area contributed by atoms with Gasteiger partial charge in [-0.2, -0.15) is 0 Å². The molecule has 0 aliphatic carbocycles. The molecule has 1 rings (SSSR count). The van der Waals surface area contributed by atoms with Crippen molar-refractivity contribution in [3.05, 3.63) is 47.7 Å². The van der Waals surface area contributed by atoms with Crippen LogP contribution in [-0.2, 0) is 6.54 Å². The Bertz CT molecular complexity index is 371. The molecule has 0 fully saturated rings. The van der Waals surface area contributed by atoms with Gasteiger partial charge in [-0.1, -0.05) is 55.7 Å². The summed E-state index contributed by atoms with van der Waals surface area (Å²) in [7, 11) is 1.06. The van der Waals surface area contributed by atoms with Crippen molar-refractivity contribution >= 4 is 14.3 Å². The minimum Gasteiger partial charge on any atom is -0.234 e. The number of hydrogen-bond acceptors (Lipinski definition) is 0. The molecule has 0 spiro atoms. The van der Waals surface area contributed by atoms with Crippen LogP contribution in [0.15, 0.2) is 42.1 Å². The summed E-state index contributed by atoms with van der Waals surface area (Å²) in [4.78, 5) is 0. The zero-order chi connectivity index (χ0) is 12.0. The van der Waals surface area contributed by atoms with Gasteiger partial charge in [-0.15, -0.1) is 0 Å². The number of hydrogen-bond donors (Lipinski definition) is 0. The predicted octanol–water partition coefficient (Wildman–Crippen LogP) is 3.33. The van der Waals surface area contributed by atoms with E-state index in [-0.39, 0.29) is 0 Å². The average molecular weight is 232 g/mol. The summed E-state index contributed by atoms with van der Waals surface area (Å²) < 4.78 is 2.21. The molecule has 0 atom stereocenters. The SMILES string of the molecule is C[N+](=C/C=C/[Si](C)(C)C)Cc1ccccc1. The Kier molecular flexibility index (Phi) is 4.68. The number of allylic oxidation sites excluding steroid dienone is 1. The summed E-state index contributed by atoms with van der Waals surface area (Å²) in [5, 5.41) is 0. The Morgan fingerprint density at radius 3 is 2.31 bits per heavy atom. The molecule has 0 heterocycles. The fourth-order valence-electron chi connectivity index (χ4n) is 1.40. The predicted molar refractivity (Wildman–Crippen MR) is 74.9 cm³/mol. The van der Waals surface area contributed by atoms with Crippen LogP contribution in [0.5, 0.6) is 0 Å². The summed E-state index contributed by atoms with van der Waals surface area (Å²) in [6, 6.07) is 10.5. The molecule has 0 N–H and O–H groups in total. The monoisotopic (exact) mass is 232 g/mol. The van der Waals surface area contributed by atoms with Crippen molar-refractivity contribution in [1.82, 2.24) is 0 Å². The second-order valence-electron chi connectivity index (χ2n) is 5.27. The van der Waals surface area contributed by atoms with E-state index in [1.54, 1.807) is 0 Å². The third-order valence-corrected chi connectivity index (χ3v) is 3.40. The molecule has 0 amide bonds. The van der Waals surface area contributed by atoms with Gasteiger partial charge in [-0.3, -0.25) is 0 Å². The van der Waals surface area contributed by atoms with Crippen LogP contribution in [0.3, 0.4) is 0 Å². The minimum atomic E-state index is -1.05. The smallest absolute Gasteiger partial charge is 0.167 e. The first-order chi connectivity index (χ1) is 7.47. The number of rotatable bonds is 4. The van der Waals surface area contributed by atoms with E-state index < -0.39 is 8.07 Å². The van der Waals surface area contributed by atoms with E-state index in [9.17, 15) is 0 Å². The molecule has 0 aliphatic rings. The highest BCUT2D eigenvalue weighted by molar-refractivity contribution is 6.81. The largest absolute Gasteiger partial charge is 0.234 e. The Balaban J connectivity index is 2.56. The van der Waals surface area contributed by atoms with Gasteiger partial charge in [0.15, 0.2) is 12.8 Å². The van der Waals surface area contributed by atoms with Crippen LogP contribution in [0.2, 0.25) is 19.6 Å². The van der Waals surface area contributed by atoms with Crippen LogP contribution in [-0.4, -0.2) is 25.9 Å².